The average molecular weight is 751 g/mol. The number of benzene rings is 1. The number of amides is 2. The van der Waals surface area contributed by atoms with Crippen molar-refractivity contribution < 1.29 is 48.2 Å². The van der Waals surface area contributed by atoms with Crippen LogP contribution in [0.2, 0.25) is 0 Å². The molecule has 1 aromatic heterocycles. The van der Waals surface area contributed by atoms with E-state index in [0.717, 1.165) is 24.8 Å². The maximum atomic E-state index is 13.1. The van der Waals surface area contributed by atoms with Gasteiger partial charge in [0.2, 0.25) is 23.9 Å². The lowest BCUT2D eigenvalue weighted by Crippen LogP contribution is -2.70. The molecule has 2 aromatic rings. The van der Waals surface area contributed by atoms with E-state index in [1.54, 1.807) is 42.2 Å². The number of nitrogens with one attached hydrogen (secondary N) is 2. The molecule has 16 nitrogen and oxygen atoms in total. The van der Waals surface area contributed by atoms with Crippen molar-refractivity contribution in [3.63, 3.8) is 0 Å². The zero-order valence-corrected chi connectivity index (χ0v) is 31.3. The third-order valence-electron chi connectivity index (χ3n) is 12.4. The molecule has 3 N–H and O–H groups in total. The predicted octanol–water partition coefficient (Wildman–Crippen LogP) is 3.75. The number of anilines is 1. The Morgan fingerprint density at radius 2 is 1.94 bits per heavy atom. The highest BCUT2D eigenvalue weighted by atomic mass is 17.3. The molecule has 7 aliphatic rings. The van der Waals surface area contributed by atoms with Crippen LogP contribution in [0.3, 0.4) is 0 Å². The molecule has 6 fully saturated rings. The first-order chi connectivity index (χ1) is 25.9. The van der Waals surface area contributed by atoms with Crippen LogP contribution in [0, 0.1) is 23.7 Å². The maximum absolute atomic E-state index is 13.1. The van der Waals surface area contributed by atoms with Crippen LogP contribution in [0.15, 0.2) is 42.2 Å². The largest absolute Gasteiger partial charge is 0.435 e. The molecule has 54 heavy (non-hydrogen) atoms. The number of ether oxygens (including phenoxy) is 4. The fraction of sp³-hybridized carbons (Fsp3) is 0.658. The van der Waals surface area contributed by atoms with Crippen LogP contribution in [0.5, 0.6) is 0 Å². The molecular formula is C38H50N6O10. The normalized spacial score (nSPS) is 38.6. The summed E-state index contributed by atoms with van der Waals surface area (Å²) in [6.07, 6.45) is 4.65. The summed E-state index contributed by atoms with van der Waals surface area (Å²) < 4.78 is 26.4. The fourth-order valence-corrected chi connectivity index (χ4v) is 9.41. The maximum Gasteiger partial charge on any atom is 0.308 e. The van der Waals surface area contributed by atoms with Gasteiger partial charge in [0.25, 0.3) is 0 Å². The standard InChI is InChI=1S/C38H50N6O10/c1-20-9-10-27-22(3)35(51-36-38(27)26(20)13-14-37(5,52-36)53-54-38)50-33(47)12-11-31(46)40-25-8-6-7-24(15-25)28-18-44(42-41-28)29-16-32(49-30(29)19-45)43-17-21(2)34(48)39-23(43)4/h6-8,15,17-18,20,22-23,26-27,29-30,32,35-36,45H,9-14,16,19H2,1-5H3,(H,39,48)(H,40,46)/t20-,22-,23?,26+,27+,29+,30-,32-,35-,36-,37-,38-/m1/s1. The molecule has 16 heteroatoms. The zero-order valence-electron chi connectivity index (χ0n) is 31.3. The molecule has 9 rings (SSSR count). The van der Waals surface area contributed by atoms with Crippen molar-refractivity contribution in [3.8, 4) is 11.3 Å². The molecule has 7 heterocycles. The van der Waals surface area contributed by atoms with Crippen LogP contribution in [0.4, 0.5) is 5.69 Å². The van der Waals surface area contributed by atoms with E-state index in [-0.39, 0.29) is 67.5 Å². The Balaban J connectivity index is 0.864. The summed E-state index contributed by atoms with van der Waals surface area (Å²) in [4.78, 5) is 52.1. The van der Waals surface area contributed by atoms with Crippen molar-refractivity contribution >= 4 is 23.5 Å². The fourth-order valence-electron chi connectivity index (χ4n) is 9.41. The zero-order chi connectivity index (χ0) is 37.9. The Hall–Kier alpha value is -3.93. The molecule has 5 saturated heterocycles. The lowest BCUT2D eigenvalue weighted by atomic mass is 9.58. The molecule has 292 valence electrons. The van der Waals surface area contributed by atoms with Gasteiger partial charge in [-0.15, -0.1) is 5.10 Å². The van der Waals surface area contributed by atoms with Gasteiger partial charge in [-0.2, -0.15) is 0 Å². The van der Waals surface area contributed by atoms with Crippen molar-refractivity contribution in [3.05, 3.63) is 42.2 Å². The van der Waals surface area contributed by atoms with E-state index in [0.29, 0.717) is 35.7 Å². The lowest BCUT2D eigenvalue weighted by Gasteiger charge is -2.59. The number of carbonyl (C=O) groups excluding carboxylic acids is 3. The Morgan fingerprint density at radius 1 is 1.11 bits per heavy atom. The number of aliphatic hydroxyl groups excluding tert-OH is 1. The first kappa shape index (κ1) is 37.0. The van der Waals surface area contributed by atoms with Crippen molar-refractivity contribution in [1.82, 2.24) is 25.2 Å². The second kappa shape index (κ2) is 14.3. The van der Waals surface area contributed by atoms with Gasteiger partial charge in [-0.25, -0.2) is 14.5 Å². The third-order valence-corrected chi connectivity index (χ3v) is 12.4. The molecule has 6 aliphatic heterocycles. The summed E-state index contributed by atoms with van der Waals surface area (Å²) >= 11 is 0. The minimum atomic E-state index is -0.929. The van der Waals surface area contributed by atoms with Gasteiger partial charge in [-0.3, -0.25) is 14.4 Å². The summed E-state index contributed by atoms with van der Waals surface area (Å²) in [5.74, 6) is -1.45. The molecule has 1 aliphatic carbocycles. The van der Waals surface area contributed by atoms with Crippen molar-refractivity contribution in [2.75, 3.05) is 11.9 Å². The van der Waals surface area contributed by atoms with E-state index < -0.39 is 36.0 Å². The van der Waals surface area contributed by atoms with E-state index in [1.807, 2.05) is 31.7 Å². The topological polar surface area (TPSA) is 185 Å². The predicted molar refractivity (Wildman–Crippen MR) is 189 cm³/mol. The molecule has 2 amide bonds. The number of esters is 1. The van der Waals surface area contributed by atoms with E-state index >= 15 is 0 Å². The van der Waals surface area contributed by atoms with Crippen LogP contribution in [0.25, 0.3) is 11.3 Å². The van der Waals surface area contributed by atoms with E-state index in [4.69, 9.17) is 28.7 Å². The number of hydrogen-bond acceptors (Lipinski definition) is 13. The third kappa shape index (κ3) is 6.60. The summed E-state index contributed by atoms with van der Waals surface area (Å²) in [6, 6.07) is 6.90. The first-order valence-corrected chi connectivity index (χ1v) is 19.1. The van der Waals surface area contributed by atoms with Gasteiger partial charge in [0.1, 0.15) is 24.2 Å². The van der Waals surface area contributed by atoms with Gasteiger partial charge < -0.3 is 39.6 Å². The van der Waals surface area contributed by atoms with Crippen molar-refractivity contribution in [2.45, 2.75) is 128 Å². The van der Waals surface area contributed by atoms with Gasteiger partial charge in [-0.1, -0.05) is 31.2 Å². The SMILES string of the molecule is CC1=CN([C@H]2C[C@H](n3cc(-c4cccc(NC(=O)CCC(=O)O[C@@H]5O[C@@H]6O[C@@]7(C)CC[C@H]8[C@H](C)CC[C@@H]([C@H]5C)[C@@]68OO7)c4)nn3)[C@@H](CO)O2)C(C)NC1=O. The molecule has 0 radical (unpaired) electrons. The Labute approximate surface area is 313 Å². The highest BCUT2D eigenvalue weighted by molar-refractivity contribution is 5.94. The van der Waals surface area contributed by atoms with Gasteiger partial charge in [-0.05, 0) is 64.0 Å². The van der Waals surface area contributed by atoms with Gasteiger partial charge in [0.05, 0.1) is 25.3 Å². The van der Waals surface area contributed by atoms with Crippen LogP contribution < -0.4 is 10.6 Å². The van der Waals surface area contributed by atoms with E-state index in [2.05, 4.69) is 27.9 Å². The Bertz CT molecular complexity index is 1800. The lowest BCUT2D eigenvalue weighted by molar-refractivity contribution is -0.576. The molecule has 1 aromatic carbocycles. The highest BCUT2D eigenvalue weighted by Gasteiger charge is 2.69. The van der Waals surface area contributed by atoms with Gasteiger partial charge >= 0.3 is 5.97 Å². The number of fused-ring (bicyclic) bond motifs is 2. The van der Waals surface area contributed by atoms with Crippen LogP contribution in [-0.4, -0.2) is 91.9 Å². The van der Waals surface area contributed by atoms with Crippen LogP contribution in [-0.2, 0) is 43.1 Å². The Morgan fingerprint density at radius 3 is 2.76 bits per heavy atom. The quantitative estimate of drug-likeness (QED) is 0.249. The molecular weight excluding hydrogens is 700 g/mol. The molecule has 1 saturated carbocycles. The van der Waals surface area contributed by atoms with E-state index in [1.165, 1.54) is 0 Å². The summed E-state index contributed by atoms with van der Waals surface area (Å²) in [7, 11) is 0. The molecule has 2 bridgehead atoms. The number of hydrogen-bond donors (Lipinski definition) is 3. The summed E-state index contributed by atoms with van der Waals surface area (Å²) in [5, 5.41) is 24.6. The van der Waals surface area contributed by atoms with Gasteiger partial charge in [0.15, 0.2) is 11.9 Å². The van der Waals surface area contributed by atoms with E-state index in [9.17, 15) is 19.5 Å². The highest BCUT2D eigenvalue weighted by Crippen LogP contribution is 2.60. The summed E-state index contributed by atoms with van der Waals surface area (Å²) in [6.45, 7) is 9.52. The number of nitrogens with zero attached hydrogens (tertiary/aromatic N) is 4. The number of aromatic nitrogens is 3. The van der Waals surface area contributed by atoms with Crippen molar-refractivity contribution in [1.29, 1.82) is 0 Å². The minimum Gasteiger partial charge on any atom is -0.435 e. The smallest absolute Gasteiger partial charge is 0.308 e. The molecule has 1 unspecified atom stereocenters. The number of carbonyl (C=O) groups is 3. The second-order valence-electron chi connectivity index (χ2n) is 16.0. The minimum absolute atomic E-state index is 0.0188. The van der Waals surface area contributed by atoms with Crippen LogP contribution in [0.1, 0.15) is 85.6 Å². The van der Waals surface area contributed by atoms with Crippen molar-refractivity contribution in [2.24, 2.45) is 23.7 Å². The van der Waals surface area contributed by atoms with Crippen LogP contribution >= 0.6 is 0 Å². The monoisotopic (exact) mass is 750 g/mol. The number of aliphatic hydroxyl groups is 1. The number of rotatable bonds is 9. The molecule has 12 atom stereocenters. The summed E-state index contributed by atoms with van der Waals surface area (Å²) in [5.41, 5.74) is 1.65. The van der Waals surface area contributed by atoms with Gasteiger partial charge in [0, 0.05) is 54.1 Å². The first-order valence-electron chi connectivity index (χ1n) is 19.1. The second-order valence-corrected chi connectivity index (χ2v) is 16.0. The Kier molecular flexibility index (Phi) is 9.80. The molecule has 1 spiro atoms. The average Bonchev–Trinajstić information content (AvgIpc) is 3.75.